The van der Waals surface area contributed by atoms with Crippen LogP contribution in [-0.4, -0.2) is 54.2 Å². The molecule has 1 saturated carbocycles. The minimum absolute atomic E-state index is 0.00140. The summed E-state index contributed by atoms with van der Waals surface area (Å²) in [4.78, 5) is 37.8. The molecule has 0 aliphatic heterocycles. The Bertz CT molecular complexity index is 1040. The van der Waals surface area contributed by atoms with Gasteiger partial charge in [-0.15, -0.1) is 0 Å². The van der Waals surface area contributed by atoms with Gasteiger partial charge in [0.2, 0.25) is 5.91 Å². The summed E-state index contributed by atoms with van der Waals surface area (Å²) in [6, 6.07) is 16.3. The average Bonchev–Trinajstić information content (AvgIpc) is 3.08. The molecule has 2 amide bonds. The smallest absolute Gasteiger partial charge is 0.407 e. The van der Waals surface area contributed by atoms with Crippen LogP contribution in [0.25, 0.3) is 11.1 Å². The summed E-state index contributed by atoms with van der Waals surface area (Å²) >= 11 is 0. The lowest BCUT2D eigenvalue weighted by Crippen LogP contribution is -2.49. The van der Waals surface area contributed by atoms with Gasteiger partial charge >= 0.3 is 12.1 Å². The molecule has 180 valence electrons. The summed E-state index contributed by atoms with van der Waals surface area (Å²) in [7, 11) is 1.72. The first-order valence-electron chi connectivity index (χ1n) is 11.7. The Balaban J connectivity index is 1.26. The molecule has 7 heteroatoms. The van der Waals surface area contributed by atoms with Crippen molar-refractivity contribution in [3.8, 4) is 11.1 Å². The lowest BCUT2D eigenvalue weighted by Gasteiger charge is -2.40. The number of fused-ring (bicyclic) bond motifs is 3. The summed E-state index contributed by atoms with van der Waals surface area (Å²) < 4.78 is 5.59. The zero-order valence-corrected chi connectivity index (χ0v) is 19.9. The zero-order chi connectivity index (χ0) is 24.5. The SMILES string of the molecule is CN(C(=O)CC(C)(C)CNC(=O)OCC1c2ccccc2-c2ccccc21)C1CC(C(=O)O)C1. The summed E-state index contributed by atoms with van der Waals surface area (Å²) in [6.07, 6.45) is 0.743. The van der Waals surface area contributed by atoms with Crippen LogP contribution in [0.4, 0.5) is 4.79 Å². The van der Waals surface area contributed by atoms with E-state index in [1.54, 1.807) is 11.9 Å². The van der Waals surface area contributed by atoms with Gasteiger partial charge in [-0.25, -0.2) is 4.79 Å². The van der Waals surface area contributed by atoms with E-state index >= 15 is 0 Å². The molecule has 0 saturated heterocycles. The van der Waals surface area contributed by atoms with Crippen molar-refractivity contribution in [2.75, 3.05) is 20.2 Å². The molecule has 2 aromatic carbocycles. The first-order valence-corrected chi connectivity index (χ1v) is 11.7. The zero-order valence-electron chi connectivity index (χ0n) is 19.9. The maximum absolute atomic E-state index is 12.7. The third-order valence-corrected chi connectivity index (χ3v) is 7.09. The van der Waals surface area contributed by atoms with E-state index in [0.717, 1.165) is 11.1 Å². The predicted molar refractivity (Wildman–Crippen MR) is 128 cm³/mol. The van der Waals surface area contributed by atoms with Crippen molar-refractivity contribution in [2.24, 2.45) is 11.3 Å². The highest BCUT2D eigenvalue weighted by Crippen LogP contribution is 2.44. The molecule has 0 bridgehead atoms. The van der Waals surface area contributed by atoms with Crippen molar-refractivity contribution in [1.29, 1.82) is 0 Å². The second-order valence-electron chi connectivity index (χ2n) is 10.2. The molecular formula is C27H32N2O5. The van der Waals surface area contributed by atoms with Crippen molar-refractivity contribution in [1.82, 2.24) is 10.2 Å². The van der Waals surface area contributed by atoms with E-state index in [9.17, 15) is 14.4 Å². The van der Waals surface area contributed by atoms with Crippen LogP contribution in [-0.2, 0) is 14.3 Å². The molecule has 2 aliphatic carbocycles. The van der Waals surface area contributed by atoms with Crippen LogP contribution < -0.4 is 5.32 Å². The Morgan fingerprint density at radius 2 is 1.59 bits per heavy atom. The number of carbonyl (C=O) groups is 3. The number of carboxylic acids is 1. The molecule has 2 aliphatic rings. The lowest BCUT2D eigenvalue weighted by molar-refractivity contribution is -0.150. The van der Waals surface area contributed by atoms with Crippen LogP contribution in [0.15, 0.2) is 48.5 Å². The fourth-order valence-corrected chi connectivity index (χ4v) is 4.87. The summed E-state index contributed by atoms with van der Waals surface area (Å²) in [5, 5.41) is 11.8. The fourth-order valence-electron chi connectivity index (χ4n) is 4.87. The monoisotopic (exact) mass is 464 g/mol. The number of carbonyl (C=O) groups excluding carboxylic acids is 2. The van der Waals surface area contributed by atoms with Crippen LogP contribution in [0.1, 0.15) is 50.2 Å². The van der Waals surface area contributed by atoms with Crippen LogP contribution in [0.2, 0.25) is 0 Å². The molecule has 4 rings (SSSR count). The van der Waals surface area contributed by atoms with E-state index in [2.05, 4.69) is 29.6 Å². The minimum Gasteiger partial charge on any atom is -0.481 e. The second-order valence-corrected chi connectivity index (χ2v) is 10.2. The molecule has 0 spiro atoms. The van der Waals surface area contributed by atoms with Crippen molar-refractivity contribution >= 4 is 18.0 Å². The average molecular weight is 465 g/mol. The van der Waals surface area contributed by atoms with Crippen molar-refractivity contribution < 1.29 is 24.2 Å². The van der Waals surface area contributed by atoms with Crippen molar-refractivity contribution in [3.05, 3.63) is 59.7 Å². The first kappa shape index (κ1) is 23.8. The van der Waals surface area contributed by atoms with E-state index < -0.39 is 17.5 Å². The van der Waals surface area contributed by atoms with Gasteiger partial charge in [0.15, 0.2) is 0 Å². The number of hydrogen-bond donors (Lipinski definition) is 2. The molecule has 34 heavy (non-hydrogen) atoms. The maximum atomic E-state index is 12.7. The van der Waals surface area contributed by atoms with E-state index in [0.29, 0.717) is 19.4 Å². The van der Waals surface area contributed by atoms with Gasteiger partial charge in [-0.3, -0.25) is 9.59 Å². The third-order valence-electron chi connectivity index (χ3n) is 7.09. The number of carboxylic acid groups (broad SMARTS) is 1. The third kappa shape index (κ3) is 4.93. The Kier molecular flexibility index (Phi) is 6.64. The highest BCUT2D eigenvalue weighted by Gasteiger charge is 2.39. The molecule has 0 atom stereocenters. The Hall–Kier alpha value is -3.35. The number of hydrogen-bond acceptors (Lipinski definition) is 4. The molecule has 0 heterocycles. The minimum atomic E-state index is -0.801. The number of benzene rings is 2. The molecule has 0 aromatic heterocycles. The van der Waals surface area contributed by atoms with E-state index in [-0.39, 0.29) is 36.8 Å². The number of amides is 2. The van der Waals surface area contributed by atoms with Gasteiger partial charge in [0.25, 0.3) is 0 Å². The van der Waals surface area contributed by atoms with E-state index in [1.807, 2.05) is 38.1 Å². The largest absolute Gasteiger partial charge is 0.481 e. The number of ether oxygens (including phenoxy) is 1. The number of alkyl carbamates (subject to hydrolysis) is 1. The highest BCUT2D eigenvalue weighted by atomic mass is 16.5. The summed E-state index contributed by atoms with van der Waals surface area (Å²) in [6.45, 7) is 4.38. The van der Waals surface area contributed by atoms with E-state index in [1.165, 1.54) is 11.1 Å². The van der Waals surface area contributed by atoms with E-state index in [4.69, 9.17) is 9.84 Å². The molecular weight excluding hydrogens is 432 g/mol. The number of aliphatic carboxylic acids is 1. The van der Waals surface area contributed by atoms with Gasteiger partial charge < -0.3 is 20.1 Å². The van der Waals surface area contributed by atoms with Crippen LogP contribution in [0, 0.1) is 11.3 Å². The van der Waals surface area contributed by atoms with Crippen LogP contribution in [0.5, 0.6) is 0 Å². The number of rotatable bonds is 8. The lowest BCUT2D eigenvalue weighted by atomic mass is 9.79. The highest BCUT2D eigenvalue weighted by molar-refractivity contribution is 5.79. The number of nitrogens with zero attached hydrogens (tertiary/aromatic N) is 1. The predicted octanol–water partition coefficient (Wildman–Crippen LogP) is 4.26. The van der Waals surface area contributed by atoms with Crippen molar-refractivity contribution in [2.45, 2.75) is 45.1 Å². The van der Waals surface area contributed by atoms with Gasteiger partial charge in [0.1, 0.15) is 6.61 Å². The molecule has 1 fully saturated rings. The molecule has 7 nitrogen and oxygen atoms in total. The molecule has 2 aromatic rings. The van der Waals surface area contributed by atoms with Gasteiger partial charge in [0, 0.05) is 32.0 Å². The van der Waals surface area contributed by atoms with Crippen LogP contribution >= 0.6 is 0 Å². The quantitative estimate of drug-likeness (QED) is 0.609. The fraction of sp³-hybridized carbons (Fsp3) is 0.444. The molecule has 0 unspecified atom stereocenters. The Labute approximate surface area is 200 Å². The summed E-state index contributed by atoms with van der Waals surface area (Å²) in [5.74, 6) is -1.21. The normalized spacial score (nSPS) is 18.9. The Morgan fingerprint density at radius 1 is 1.03 bits per heavy atom. The van der Waals surface area contributed by atoms with Gasteiger partial charge in [-0.05, 0) is 40.5 Å². The molecule has 0 radical (unpaired) electrons. The number of nitrogens with one attached hydrogen (secondary N) is 1. The van der Waals surface area contributed by atoms with Crippen LogP contribution in [0.3, 0.4) is 0 Å². The van der Waals surface area contributed by atoms with Gasteiger partial charge in [0.05, 0.1) is 5.92 Å². The molecule has 2 N–H and O–H groups in total. The summed E-state index contributed by atoms with van der Waals surface area (Å²) in [5.41, 5.74) is 4.21. The topological polar surface area (TPSA) is 95.9 Å². The van der Waals surface area contributed by atoms with Gasteiger partial charge in [-0.1, -0.05) is 62.4 Å². The first-order chi connectivity index (χ1) is 16.2. The maximum Gasteiger partial charge on any atom is 0.407 e. The van der Waals surface area contributed by atoms with Gasteiger partial charge in [-0.2, -0.15) is 0 Å². The Morgan fingerprint density at radius 3 is 2.15 bits per heavy atom. The standard InChI is InChI=1S/C27H32N2O5/c1-27(2,14-24(30)29(3)18-12-17(13-18)25(31)32)16-28-26(33)34-15-23-21-10-6-4-8-19(21)20-9-5-7-11-22(20)23/h4-11,17-18,23H,12-16H2,1-3H3,(H,28,33)(H,31,32). The van der Waals surface area contributed by atoms with Crippen molar-refractivity contribution in [3.63, 3.8) is 0 Å². The second kappa shape index (κ2) is 9.49.